The van der Waals surface area contributed by atoms with Gasteiger partial charge in [-0.05, 0) is 0 Å². The summed E-state index contributed by atoms with van der Waals surface area (Å²) in [5.74, 6) is 0. The first-order chi connectivity index (χ1) is 5.45. The van der Waals surface area contributed by atoms with Crippen LogP contribution in [0.4, 0.5) is 0 Å². The average molecular weight is 204 g/mol. The first kappa shape index (κ1) is 14.7. The van der Waals surface area contributed by atoms with Crippen molar-refractivity contribution in [3.05, 3.63) is 0 Å². The molecule has 8 heteroatoms. The molecule has 0 heterocycles. The molecule has 7 nitrogen and oxygen atoms in total. The second kappa shape index (κ2) is 9.24. The van der Waals surface area contributed by atoms with Crippen molar-refractivity contribution in [2.24, 2.45) is 0 Å². The van der Waals surface area contributed by atoms with Crippen molar-refractivity contribution in [3.8, 4) is 0 Å². The first-order valence-electron chi connectivity index (χ1n) is 2.90. The molecule has 0 aliphatic heterocycles. The third-order valence-corrected chi connectivity index (χ3v) is 0.818. The largest absolute Gasteiger partial charge is 0.394 e. The number of aliphatic hydroxyl groups is 4. The molecule has 2 unspecified atom stereocenters. The summed E-state index contributed by atoms with van der Waals surface area (Å²) in [6.07, 6.45) is -2.44. The fourth-order valence-electron chi connectivity index (χ4n) is 0.243. The van der Waals surface area contributed by atoms with Crippen LogP contribution in [0.2, 0.25) is 0 Å². The highest BCUT2D eigenvalue weighted by atomic mass is 31.2. The van der Waals surface area contributed by atoms with Gasteiger partial charge in [0, 0.05) is 0 Å². The molecule has 0 spiro atoms. The van der Waals surface area contributed by atoms with Crippen LogP contribution < -0.4 is 0 Å². The Hall–Kier alpha value is 0.150. The summed E-state index contributed by atoms with van der Waals surface area (Å²) in [6, 6.07) is 0. The van der Waals surface area contributed by atoms with Gasteiger partial charge in [0.05, 0.1) is 13.2 Å². The van der Waals surface area contributed by atoms with Gasteiger partial charge in [-0.2, -0.15) is 0 Å². The molecule has 0 aromatic rings. The molecular weight excluding hydrogens is 191 g/mol. The first-order valence-corrected chi connectivity index (χ1v) is 4.10. The molecule has 76 valence electrons. The van der Waals surface area contributed by atoms with Gasteiger partial charge in [0.1, 0.15) is 12.2 Å². The van der Waals surface area contributed by atoms with E-state index in [2.05, 4.69) is 0 Å². The lowest BCUT2D eigenvalue weighted by Crippen LogP contribution is -2.31. The van der Waals surface area contributed by atoms with E-state index in [0.717, 1.165) is 0 Å². The maximum Gasteiger partial charge on any atom is 0.324 e. The van der Waals surface area contributed by atoms with Gasteiger partial charge in [0.15, 0.2) is 0 Å². The Morgan fingerprint density at radius 2 is 1.00 bits per heavy atom. The highest BCUT2D eigenvalue weighted by Crippen LogP contribution is 2.11. The fourth-order valence-corrected chi connectivity index (χ4v) is 0.243. The summed E-state index contributed by atoms with van der Waals surface area (Å²) in [5, 5.41) is 33.2. The third kappa shape index (κ3) is 12.8. The number of rotatable bonds is 3. The highest BCUT2D eigenvalue weighted by molar-refractivity contribution is 7.38. The normalized spacial score (nSPS) is 15.0. The maximum atomic E-state index is 8.47. The zero-order chi connectivity index (χ0) is 10.1. The molecule has 0 aromatic heterocycles. The minimum atomic E-state index is -2.62. The molecule has 7 N–H and O–H groups in total. The second-order valence-corrected chi connectivity index (χ2v) is 2.30. The van der Waals surface area contributed by atoms with Crippen LogP contribution in [0.15, 0.2) is 0 Å². The Bertz CT molecular complexity index is 78.7. The van der Waals surface area contributed by atoms with Crippen molar-refractivity contribution in [1.29, 1.82) is 0 Å². The van der Waals surface area contributed by atoms with E-state index in [1.165, 1.54) is 0 Å². The summed E-state index contributed by atoms with van der Waals surface area (Å²) < 4.78 is 0. The molecule has 0 fully saturated rings. The van der Waals surface area contributed by atoms with Crippen LogP contribution in [0, 0.1) is 0 Å². The summed E-state index contributed by atoms with van der Waals surface area (Å²) in [5.41, 5.74) is 0. The van der Waals surface area contributed by atoms with Crippen LogP contribution in [0.3, 0.4) is 0 Å². The predicted octanol–water partition coefficient (Wildman–Crippen LogP) is -3.12. The van der Waals surface area contributed by atoms with Crippen LogP contribution >= 0.6 is 8.60 Å². The minimum Gasteiger partial charge on any atom is -0.394 e. The number of hydrogen-bond acceptors (Lipinski definition) is 7. The summed E-state index contributed by atoms with van der Waals surface area (Å²) in [4.78, 5) is 21.7. The van der Waals surface area contributed by atoms with Gasteiger partial charge >= 0.3 is 8.60 Å². The van der Waals surface area contributed by atoms with E-state index < -0.39 is 34.0 Å². The topological polar surface area (TPSA) is 142 Å². The van der Waals surface area contributed by atoms with Crippen molar-refractivity contribution in [2.45, 2.75) is 12.2 Å². The number of aliphatic hydroxyl groups excluding tert-OH is 4. The summed E-state index contributed by atoms with van der Waals surface area (Å²) in [6.45, 7) is -1.05. The van der Waals surface area contributed by atoms with E-state index in [1.54, 1.807) is 0 Å². The lowest BCUT2D eigenvalue weighted by Gasteiger charge is -2.10. The molecule has 0 bridgehead atoms. The van der Waals surface area contributed by atoms with Gasteiger partial charge in [-0.25, -0.2) is 0 Å². The minimum absolute atomic E-state index is 0.526. The average Bonchev–Trinajstić information content (AvgIpc) is 2.00. The Morgan fingerprint density at radius 3 is 1.08 bits per heavy atom. The van der Waals surface area contributed by atoms with Gasteiger partial charge in [0.25, 0.3) is 0 Å². The summed E-state index contributed by atoms with van der Waals surface area (Å²) >= 11 is 0. The van der Waals surface area contributed by atoms with E-state index in [0.29, 0.717) is 0 Å². The van der Waals surface area contributed by atoms with Gasteiger partial charge in [-0.3, -0.25) is 0 Å². The van der Waals surface area contributed by atoms with Crippen LogP contribution in [-0.2, 0) is 0 Å². The van der Waals surface area contributed by atoms with E-state index >= 15 is 0 Å². The molecule has 12 heavy (non-hydrogen) atoms. The zero-order valence-corrected chi connectivity index (χ0v) is 7.04. The maximum absolute atomic E-state index is 8.47. The lowest BCUT2D eigenvalue weighted by atomic mass is 10.2. The Labute approximate surface area is 70.2 Å². The van der Waals surface area contributed by atoms with E-state index in [1.807, 2.05) is 0 Å². The van der Waals surface area contributed by atoms with E-state index in [9.17, 15) is 0 Å². The molecule has 0 rings (SSSR count). The third-order valence-electron chi connectivity index (χ3n) is 0.818. The fraction of sp³-hybridized carbons (Fsp3) is 1.00. The van der Waals surface area contributed by atoms with Crippen LogP contribution in [0.25, 0.3) is 0 Å². The Balaban J connectivity index is 0. The van der Waals surface area contributed by atoms with Gasteiger partial charge < -0.3 is 35.1 Å². The molecule has 2 atom stereocenters. The van der Waals surface area contributed by atoms with Crippen LogP contribution in [-0.4, -0.2) is 60.5 Å². The summed E-state index contributed by atoms with van der Waals surface area (Å²) in [7, 11) is -2.62. The smallest absolute Gasteiger partial charge is 0.324 e. The molecule has 0 aliphatic rings. The van der Waals surface area contributed by atoms with Crippen LogP contribution in [0.5, 0.6) is 0 Å². The van der Waals surface area contributed by atoms with Crippen molar-refractivity contribution >= 4 is 8.60 Å². The molecule has 0 saturated heterocycles. The molecular formula is C4H13O7P. The molecule has 0 aromatic carbocycles. The van der Waals surface area contributed by atoms with Crippen molar-refractivity contribution in [2.75, 3.05) is 13.2 Å². The standard InChI is InChI=1S/C4H10O4.H3O3P/c5-1-3(7)4(8)2-6;1-4(2)3/h3-8H,1-2H2;1-3H. The lowest BCUT2D eigenvalue weighted by molar-refractivity contribution is -0.0388. The van der Waals surface area contributed by atoms with Crippen LogP contribution in [0.1, 0.15) is 0 Å². The quantitative estimate of drug-likeness (QED) is 0.241. The monoisotopic (exact) mass is 204 g/mol. The molecule has 0 aliphatic carbocycles. The van der Waals surface area contributed by atoms with Crippen molar-refractivity contribution < 1.29 is 35.1 Å². The zero-order valence-electron chi connectivity index (χ0n) is 6.15. The van der Waals surface area contributed by atoms with Crippen molar-refractivity contribution in [1.82, 2.24) is 0 Å². The van der Waals surface area contributed by atoms with E-state index in [-0.39, 0.29) is 0 Å². The predicted molar refractivity (Wildman–Crippen MR) is 39.8 cm³/mol. The van der Waals surface area contributed by atoms with Crippen molar-refractivity contribution in [3.63, 3.8) is 0 Å². The van der Waals surface area contributed by atoms with Gasteiger partial charge in [0.2, 0.25) is 0 Å². The highest BCUT2D eigenvalue weighted by Gasteiger charge is 2.12. The van der Waals surface area contributed by atoms with Gasteiger partial charge in [-0.15, -0.1) is 0 Å². The molecule has 0 radical (unpaired) electrons. The second-order valence-electron chi connectivity index (χ2n) is 1.77. The molecule has 0 saturated carbocycles. The molecule has 0 amide bonds. The van der Waals surface area contributed by atoms with Gasteiger partial charge in [-0.1, -0.05) is 0 Å². The number of hydrogen-bond donors (Lipinski definition) is 7. The SMILES string of the molecule is OCC(O)C(O)CO.OP(O)O. The Kier molecular flexibility index (Phi) is 11.3. The van der Waals surface area contributed by atoms with E-state index in [4.69, 9.17) is 35.1 Å². The Morgan fingerprint density at radius 1 is 0.833 bits per heavy atom.